The van der Waals surface area contributed by atoms with E-state index in [4.69, 9.17) is 9.84 Å². The van der Waals surface area contributed by atoms with Gasteiger partial charge < -0.3 is 9.84 Å². The van der Waals surface area contributed by atoms with E-state index in [2.05, 4.69) is 0 Å². The molecule has 0 spiro atoms. The number of nitro groups is 1. The van der Waals surface area contributed by atoms with Crippen LogP contribution in [0.15, 0.2) is 18.2 Å². The molecule has 0 aliphatic carbocycles. The Balaban J connectivity index is 2.88. The van der Waals surface area contributed by atoms with Gasteiger partial charge in [-0.15, -0.1) is 11.8 Å². The number of thioether (sulfide) groups is 1. The molecule has 1 unspecified atom stereocenters. The summed E-state index contributed by atoms with van der Waals surface area (Å²) in [5, 5.41) is 19.2. The van der Waals surface area contributed by atoms with Gasteiger partial charge in [0.25, 0.3) is 5.69 Å². The third-order valence-electron chi connectivity index (χ3n) is 2.56. The van der Waals surface area contributed by atoms with Crippen LogP contribution < -0.4 is 4.74 Å². The van der Waals surface area contributed by atoms with E-state index in [0.29, 0.717) is 23.5 Å². The van der Waals surface area contributed by atoms with Gasteiger partial charge in [-0.1, -0.05) is 6.92 Å². The average molecular weight is 285 g/mol. The minimum Gasteiger partial charge on any atom is -0.496 e. The fourth-order valence-corrected chi connectivity index (χ4v) is 2.53. The third kappa shape index (κ3) is 4.13. The molecule has 0 aliphatic rings. The van der Waals surface area contributed by atoms with Crippen molar-refractivity contribution >= 4 is 23.4 Å². The Kier molecular flexibility index (Phi) is 5.62. The maximum atomic E-state index is 10.9. The number of hydrogen-bond donors (Lipinski definition) is 1. The molecule has 7 heteroatoms. The molecule has 1 N–H and O–H groups in total. The number of rotatable bonds is 7. The first-order valence-electron chi connectivity index (χ1n) is 5.65. The van der Waals surface area contributed by atoms with Gasteiger partial charge in [-0.25, -0.2) is 0 Å². The molecule has 0 aliphatic heterocycles. The minimum absolute atomic E-state index is 0.0280. The molecule has 0 radical (unpaired) electrons. The molecule has 1 aromatic carbocycles. The van der Waals surface area contributed by atoms with Crippen molar-refractivity contribution in [3.05, 3.63) is 33.9 Å². The maximum absolute atomic E-state index is 10.9. The van der Waals surface area contributed by atoms with E-state index in [-0.39, 0.29) is 5.69 Å². The number of ether oxygens (including phenoxy) is 1. The van der Waals surface area contributed by atoms with Gasteiger partial charge in [0, 0.05) is 23.4 Å². The highest BCUT2D eigenvalue weighted by Crippen LogP contribution is 2.29. The Hall–Kier alpha value is -1.76. The first-order chi connectivity index (χ1) is 8.99. The zero-order chi connectivity index (χ0) is 14.4. The first kappa shape index (κ1) is 15.3. The number of non-ortho nitro benzene ring substituents is 1. The predicted molar refractivity (Wildman–Crippen MR) is 72.7 cm³/mol. The highest BCUT2D eigenvalue weighted by Gasteiger charge is 2.18. The van der Waals surface area contributed by atoms with Crippen molar-refractivity contribution in [2.45, 2.75) is 24.3 Å². The van der Waals surface area contributed by atoms with Crippen LogP contribution in [0.1, 0.15) is 18.9 Å². The van der Waals surface area contributed by atoms with E-state index in [1.165, 1.54) is 37.1 Å². The van der Waals surface area contributed by atoms with Crippen LogP contribution >= 0.6 is 11.8 Å². The van der Waals surface area contributed by atoms with Crippen LogP contribution in [0.25, 0.3) is 0 Å². The number of methoxy groups -OCH3 is 1. The summed E-state index contributed by atoms with van der Waals surface area (Å²) in [6.45, 7) is 1.79. The highest BCUT2D eigenvalue weighted by atomic mass is 32.2. The summed E-state index contributed by atoms with van der Waals surface area (Å²) in [7, 11) is 1.48. The van der Waals surface area contributed by atoms with Gasteiger partial charge in [0.2, 0.25) is 0 Å². The molecule has 0 bridgehead atoms. The number of nitrogens with zero attached hydrogens (tertiary/aromatic N) is 1. The molecule has 1 atom stereocenters. The van der Waals surface area contributed by atoms with Crippen LogP contribution in [0.3, 0.4) is 0 Å². The molecule has 0 heterocycles. The normalized spacial score (nSPS) is 11.9. The van der Waals surface area contributed by atoms with Crippen LogP contribution in [0.2, 0.25) is 0 Å². The fourth-order valence-electron chi connectivity index (χ4n) is 1.55. The van der Waals surface area contributed by atoms with E-state index >= 15 is 0 Å². The lowest BCUT2D eigenvalue weighted by molar-refractivity contribution is -0.384. The summed E-state index contributed by atoms with van der Waals surface area (Å²) in [6, 6.07) is 4.30. The molecule has 1 aromatic rings. The fraction of sp³-hybridized carbons (Fsp3) is 0.417. The number of benzene rings is 1. The van der Waals surface area contributed by atoms with Gasteiger partial charge in [0.05, 0.1) is 12.0 Å². The van der Waals surface area contributed by atoms with Gasteiger partial charge in [-0.05, 0) is 12.5 Å². The van der Waals surface area contributed by atoms with E-state index in [1.807, 2.05) is 0 Å². The summed E-state index contributed by atoms with van der Waals surface area (Å²) in [5.41, 5.74) is 0.598. The van der Waals surface area contributed by atoms with Crippen LogP contribution in [-0.2, 0) is 10.5 Å². The van der Waals surface area contributed by atoms with Gasteiger partial charge in [0.15, 0.2) is 0 Å². The quantitative estimate of drug-likeness (QED) is 0.612. The zero-order valence-electron chi connectivity index (χ0n) is 10.7. The SMILES string of the molecule is CCC(SCc1cc([N+](=O)[O-])ccc1OC)C(=O)O. The van der Waals surface area contributed by atoms with Crippen molar-refractivity contribution in [3.63, 3.8) is 0 Å². The summed E-state index contributed by atoms with van der Waals surface area (Å²) in [5.74, 6) is 0.00518. The maximum Gasteiger partial charge on any atom is 0.316 e. The number of carboxylic acids is 1. The largest absolute Gasteiger partial charge is 0.496 e. The first-order valence-corrected chi connectivity index (χ1v) is 6.70. The number of carbonyl (C=O) groups is 1. The Morgan fingerprint density at radius 1 is 1.58 bits per heavy atom. The van der Waals surface area contributed by atoms with E-state index in [1.54, 1.807) is 6.92 Å². The van der Waals surface area contributed by atoms with Crippen LogP contribution in [0.5, 0.6) is 5.75 Å². The lowest BCUT2D eigenvalue weighted by atomic mass is 10.2. The van der Waals surface area contributed by atoms with E-state index < -0.39 is 16.1 Å². The van der Waals surface area contributed by atoms with Crippen molar-refractivity contribution in [2.75, 3.05) is 7.11 Å². The lowest BCUT2D eigenvalue weighted by Crippen LogP contribution is -2.15. The number of carboxylic acid groups (broad SMARTS) is 1. The summed E-state index contributed by atoms with van der Waals surface area (Å²) in [4.78, 5) is 21.2. The lowest BCUT2D eigenvalue weighted by Gasteiger charge is -2.11. The molecule has 104 valence electrons. The Labute approximate surface area is 114 Å². The van der Waals surface area contributed by atoms with Crippen molar-refractivity contribution in [1.29, 1.82) is 0 Å². The Bertz CT molecular complexity index is 477. The van der Waals surface area contributed by atoms with Crippen LogP contribution in [-0.4, -0.2) is 28.4 Å². The number of hydrogen-bond acceptors (Lipinski definition) is 5. The summed E-state index contributed by atoms with van der Waals surface area (Å²) < 4.78 is 5.12. The molecular weight excluding hydrogens is 270 g/mol. The summed E-state index contributed by atoms with van der Waals surface area (Å²) in [6.07, 6.45) is 0.497. The number of aliphatic carboxylic acids is 1. The van der Waals surface area contributed by atoms with Crippen LogP contribution in [0, 0.1) is 10.1 Å². The van der Waals surface area contributed by atoms with Crippen molar-refractivity contribution in [2.24, 2.45) is 0 Å². The van der Waals surface area contributed by atoms with Crippen molar-refractivity contribution < 1.29 is 19.6 Å². The second kappa shape index (κ2) is 6.98. The second-order valence-corrected chi connectivity index (χ2v) is 4.99. The van der Waals surface area contributed by atoms with Gasteiger partial charge >= 0.3 is 5.97 Å². The third-order valence-corrected chi connectivity index (χ3v) is 3.98. The molecule has 0 saturated heterocycles. The van der Waals surface area contributed by atoms with Crippen molar-refractivity contribution in [1.82, 2.24) is 0 Å². The molecule has 19 heavy (non-hydrogen) atoms. The second-order valence-electron chi connectivity index (χ2n) is 3.80. The summed E-state index contributed by atoms with van der Waals surface area (Å²) >= 11 is 1.23. The van der Waals surface area contributed by atoms with Gasteiger partial charge in [0.1, 0.15) is 11.0 Å². The molecule has 0 saturated carbocycles. The minimum atomic E-state index is -0.878. The molecule has 0 amide bonds. The van der Waals surface area contributed by atoms with Gasteiger partial charge in [-0.3, -0.25) is 14.9 Å². The zero-order valence-corrected chi connectivity index (χ0v) is 11.5. The van der Waals surface area contributed by atoms with Gasteiger partial charge in [-0.2, -0.15) is 0 Å². The monoisotopic (exact) mass is 285 g/mol. The Morgan fingerprint density at radius 3 is 2.74 bits per heavy atom. The highest BCUT2D eigenvalue weighted by molar-refractivity contribution is 7.99. The van der Waals surface area contributed by atoms with E-state index in [9.17, 15) is 14.9 Å². The molecule has 0 aromatic heterocycles. The van der Waals surface area contributed by atoms with Crippen LogP contribution in [0.4, 0.5) is 5.69 Å². The molecule has 6 nitrogen and oxygen atoms in total. The average Bonchev–Trinajstić information content (AvgIpc) is 2.38. The smallest absolute Gasteiger partial charge is 0.316 e. The Morgan fingerprint density at radius 2 is 2.26 bits per heavy atom. The molecule has 0 fully saturated rings. The molecule has 1 rings (SSSR count). The standard InChI is InChI=1S/C12H15NO5S/c1-3-11(12(14)15)19-7-8-6-9(13(16)17)4-5-10(8)18-2/h4-6,11H,3,7H2,1-2H3,(H,14,15). The topological polar surface area (TPSA) is 89.7 Å². The van der Waals surface area contributed by atoms with E-state index in [0.717, 1.165) is 0 Å². The predicted octanol–water partition coefficient (Wildman–Crippen LogP) is 2.70. The molecular formula is C12H15NO5S. The number of nitro benzene ring substituents is 1. The van der Waals surface area contributed by atoms with Crippen molar-refractivity contribution in [3.8, 4) is 5.75 Å².